The van der Waals surface area contributed by atoms with E-state index >= 15 is 0 Å². The molecule has 0 saturated heterocycles. The number of methoxy groups -OCH3 is 1. The number of carbonyl (C=O) groups is 1. The number of hydrogen-bond donors (Lipinski definition) is 4. The molecular weight excluding hydrogens is 246 g/mol. The minimum atomic E-state index is -0.382. The Morgan fingerprint density at radius 3 is 3.05 bits per heavy atom. The molecule has 0 saturated carbocycles. The summed E-state index contributed by atoms with van der Waals surface area (Å²) in [4.78, 5) is 11.8. The molecule has 0 unspecified atom stereocenters. The number of anilines is 2. The summed E-state index contributed by atoms with van der Waals surface area (Å²) in [6.07, 6.45) is 1.57. The number of hydrogen-bond acceptors (Lipinski definition) is 4. The van der Waals surface area contributed by atoms with Crippen LogP contribution in [0.1, 0.15) is 5.56 Å². The lowest BCUT2D eigenvalue weighted by Gasteiger charge is -2.08. The maximum absolute atomic E-state index is 11.8. The van der Waals surface area contributed by atoms with Crippen LogP contribution in [0.15, 0.2) is 30.5 Å². The Kier molecular flexibility index (Phi) is 3.99. The van der Waals surface area contributed by atoms with Gasteiger partial charge < -0.3 is 15.8 Å². The van der Waals surface area contributed by atoms with E-state index in [1.165, 1.54) is 0 Å². The summed E-state index contributed by atoms with van der Waals surface area (Å²) in [7, 11) is 1.57. The highest BCUT2D eigenvalue weighted by Gasteiger charge is 2.08. The molecule has 0 atom stereocenters. The first-order chi connectivity index (χ1) is 9.22. The Morgan fingerprint density at radius 1 is 1.47 bits per heavy atom. The maximum atomic E-state index is 11.8. The lowest BCUT2D eigenvalue weighted by atomic mass is 10.3. The van der Waals surface area contributed by atoms with E-state index < -0.39 is 0 Å². The summed E-state index contributed by atoms with van der Waals surface area (Å²) in [5.41, 5.74) is 6.88. The van der Waals surface area contributed by atoms with Gasteiger partial charge in [0.15, 0.2) is 0 Å². The minimum Gasteiger partial charge on any atom is -0.497 e. The van der Waals surface area contributed by atoms with Crippen molar-refractivity contribution < 1.29 is 9.53 Å². The fourth-order valence-corrected chi connectivity index (χ4v) is 1.55. The minimum absolute atomic E-state index is 0.297. The topological polar surface area (TPSA) is 105 Å². The first-order valence-corrected chi connectivity index (χ1v) is 5.67. The van der Waals surface area contributed by atoms with E-state index in [1.54, 1.807) is 37.6 Å². The first-order valence-electron chi connectivity index (χ1n) is 5.67. The van der Waals surface area contributed by atoms with E-state index in [1.807, 2.05) is 0 Å². The molecule has 2 aromatic rings. The van der Waals surface area contributed by atoms with Gasteiger partial charge in [-0.3, -0.25) is 10.4 Å². The molecule has 7 heteroatoms. The molecule has 0 spiro atoms. The number of urea groups is 1. The van der Waals surface area contributed by atoms with Crippen LogP contribution >= 0.6 is 0 Å². The maximum Gasteiger partial charge on any atom is 0.324 e. The quantitative estimate of drug-likeness (QED) is 0.669. The number of ether oxygens (including phenoxy) is 1. The molecule has 1 heterocycles. The van der Waals surface area contributed by atoms with Crippen LogP contribution in [0.4, 0.5) is 16.3 Å². The molecule has 0 aliphatic heterocycles. The van der Waals surface area contributed by atoms with Gasteiger partial charge in [-0.1, -0.05) is 6.07 Å². The molecule has 0 aliphatic carbocycles. The van der Waals surface area contributed by atoms with Gasteiger partial charge in [0.1, 0.15) is 11.6 Å². The number of rotatable bonds is 4. The van der Waals surface area contributed by atoms with Crippen molar-refractivity contribution in [1.82, 2.24) is 10.2 Å². The van der Waals surface area contributed by atoms with E-state index in [0.29, 0.717) is 23.8 Å². The Hall–Kier alpha value is -2.54. The highest BCUT2D eigenvalue weighted by atomic mass is 16.5. The van der Waals surface area contributed by atoms with Crippen LogP contribution in [0.2, 0.25) is 0 Å². The van der Waals surface area contributed by atoms with Gasteiger partial charge in [-0.05, 0) is 12.1 Å². The number of carbonyl (C=O) groups excluding carboxylic acids is 1. The largest absolute Gasteiger partial charge is 0.497 e. The summed E-state index contributed by atoms with van der Waals surface area (Å²) >= 11 is 0. The van der Waals surface area contributed by atoms with E-state index in [2.05, 4.69) is 20.8 Å². The Balaban J connectivity index is 2.01. The fraction of sp³-hybridized carbons (Fsp3) is 0.167. The number of amides is 2. The van der Waals surface area contributed by atoms with Crippen molar-refractivity contribution in [3.63, 3.8) is 0 Å². The predicted octanol–water partition coefficient (Wildman–Crippen LogP) is 1.52. The zero-order valence-electron chi connectivity index (χ0n) is 10.4. The molecule has 0 radical (unpaired) electrons. The molecule has 1 aromatic carbocycles. The highest BCUT2D eigenvalue weighted by Crippen LogP contribution is 2.17. The number of nitrogens with two attached hydrogens (primary N) is 1. The average Bonchev–Trinajstić information content (AvgIpc) is 2.86. The number of nitrogens with one attached hydrogen (secondary N) is 3. The van der Waals surface area contributed by atoms with Gasteiger partial charge in [0, 0.05) is 23.9 Å². The molecule has 0 aliphatic rings. The van der Waals surface area contributed by atoms with Gasteiger partial charge in [0.25, 0.3) is 0 Å². The van der Waals surface area contributed by atoms with Gasteiger partial charge in [0.2, 0.25) is 0 Å². The molecule has 100 valence electrons. The summed E-state index contributed by atoms with van der Waals surface area (Å²) in [6.45, 7) is 0.297. The van der Waals surface area contributed by atoms with Crippen molar-refractivity contribution in [3.8, 4) is 5.75 Å². The Bertz CT molecular complexity index is 567. The lowest BCUT2D eigenvalue weighted by Crippen LogP contribution is -2.20. The Labute approximate surface area is 110 Å². The van der Waals surface area contributed by atoms with Crippen molar-refractivity contribution in [2.24, 2.45) is 5.73 Å². The standard InChI is InChI=1S/C12H15N5O2/c1-19-10-4-2-3-9(5-10)15-12(18)16-11-8(6-13)7-14-17-11/h2-5,7H,6,13H2,1H3,(H3,14,15,16,17,18). The number of nitrogens with zero attached hydrogens (tertiary/aromatic N) is 1. The molecule has 2 rings (SSSR count). The van der Waals surface area contributed by atoms with Gasteiger partial charge in [-0.25, -0.2) is 4.79 Å². The summed E-state index contributed by atoms with van der Waals surface area (Å²) in [5.74, 6) is 1.16. The van der Waals surface area contributed by atoms with Crippen LogP contribution in [0.5, 0.6) is 5.75 Å². The number of aromatic nitrogens is 2. The molecule has 2 amide bonds. The molecule has 5 N–H and O–H groups in total. The van der Waals surface area contributed by atoms with Gasteiger partial charge in [-0.2, -0.15) is 5.10 Å². The monoisotopic (exact) mass is 261 g/mol. The summed E-state index contributed by atoms with van der Waals surface area (Å²) in [5, 5.41) is 11.8. The van der Waals surface area contributed by atoms with Crippen molar-refractivity contribution in [1.29, 1.82) is 0 Å². The van der Waals surface area contributed by atoms with Crippen LogP contribution in [-0.2, 0) is 6.54 Å². The van der Waals surface area contributed by atoms with Crippen LogP contribution in [0.3, 0.4) is 0 Å². The molecule has 19 heavy (non-hydrogen) atoms. The number of H-pyrrole nitrogens is 1. The van der Waals surface area contributed by atoms with E-state index in [-0.39, 0.29) is 6.03 Å². The van der Waals surface area contributed by atoms with Crippen LogP contribution < -0.4 is 21.1 Å². The van der Waals surface area contributed by atoms with Gasteiger partial charge in [-0.15, -0.1) is 0 Å². The summed E-state index contributed by atoms with van der Waals surface area (Å²) < 4.78 is 5.07. The SMILES string of the molecule is COc1cccc(NC(=O)Nc2[nH]ncc2CN)c1. The highest BCUT2D eigenvalue weighted by molar-refractivity contribution is 5.99. The van der Waals surface area contributed by atoms with Gasteiger partial charge in [0.05, 0.1) is 13.3 Å². The van der Waals surface area contributed by atoms with Crippen LogP contribution in [0.25, 0.3) is 0 Å². The van der Waals surface area contributed by atoms with Crippen molar-refractivity contribution in [3.05, 3.63) is 36.0 Å². The third-order valence-electron chi connectivity index (χ3n) is 2.50. The predicted molar refractivity (Wildman–Crippen MR) is 72.1 cm³/mol. The van der Waals surface area contributed by atoms with Crippen molar-refractivity contribution in [2.45, 2.75) is 6.54 Å². The van der Waals surface area contributed by atoms with Crippen LogP contribution in [-0.4, -0.2) is 23.3 Å². The van der Waals surface area contributed by atoms with E-state index in [0.717, 1.165) is 5.56 Å². The summed E-state index contributed by atoms with van der Waals surface area (Å²) in [6, 6.07) is 6.68. The second kappa shape index (κ2) is 5.87. The van der Waals surface area contributed by atoms with Gasteiger partial charge >= 0.3 is 6.03 Å². The number of aromatic amines is 1. The van der Waals surface area contributed by atoms with E-state index in [9.17, 15) is 4.79 Å². The third kappa shape index (κ3) is 3.23. The molecule has 1 aromatic heterocycles. The molecular formula is C12H15N5O2. The first kappa shape index (κ1) is 12.9. The molecule has 0 bridgehead atoms. The molecule has 7 nitrogen and oxygen atoms in total. The van der Waals surface area contributed by atoms with Crippen LogP contribution in [0, 0.1) is 0 Å². The second-order valence-electron chi connectivity index (χ2n) is 3.79. The van der Waals surface area contributed by atoms with Crippen molar-refractivity contribution in [2.75, 3.05) is 17.7 Å². The third-order valence-corrected chi connectivity index (χ3v) is 2.50. The number of benzene rings is 1. The molecule has 0 fully saturated rings. The van der Waals surface area contributed by atoms with E-state index in [4.69, 9.17) is 10.5 Å². The second-order valence-corrected chi connectivity index (χ2v) is 3.79. The van der Waals surface area contributed by atoms with Crippen molar-refractivity contribution >= 4 is 17.5 Å². The fourth-order valence-electron chi connectivity index (χ4n) is 1.55. The smallest absolute Gasteiger partial charge is 0.324 e. The zero-order chi connectivity index (χ0) is 13.7. The zero-order valence-corrected chi connectivity index (χ0v) is 10.4. The normalized spacial score (nSPS) is 10.0. The average molecular weight is 261 g/mol. The lowest BCUT2D eigenvalue weighted by molar-refractivity contribution is 0.262. The Morgan fingerprint density at radius 2 is 2.32 bits per heavy atom.